The van der Waals surface area contributed by atoms with Gasteiger partial charge in [0.25, 0.3) is 0 Å². The Bertz CT molecular complexity index is 1050. The Labute approximate surface area is 168 Å². The van der Waals surface area contributed by atoms with Crippen molar-refractivity contribution in [1.29, 1.82) is 0 Å². The van der Waals surface area contributed by atoms with Crippen LogP contribution in [0.1, 0.15) is 30.4 Å². The number of rotatable bonds is 4. The van der Waals surface area contributed by atoms with E-state index in [1.165, 1.54) is 6.07 Å². The van der Waals surface area contributed by atoms with Crippen LogP contribution in [-0.2, 0) is 17.9 Å². The summed E-state index contributed by atoms with van der Waals surface area (Å²) in [7, 11) is 0. The fraction of sp³-hybridized carbons (Fsp3) is 0.409. The number of hydrogen-bond donors (Lipinski definition) is 0. The lowest BCUT2D eigenvalue weighted by Crippen LogP contribution is -2.49. The molecular weight excluding hydrogens is 371 g/mol. The lowest BCUT2D eigenvalue weighted by atomic mass is 9.78. The van der Waals surface area contributed by atoms with Gasteiger partial charge in [0.2, 0.25) is 5.91 Å². The molecule has 2 aliphatic heterocycles. The van der Waals surface area contributed by atoms with E-state index in [-0.39, 0.29) is 17.1 Å². The summed E-state index contributed by atoms with van der Waals surface area (Å²) in [4.78, 5) is 17.5. The van der Waals surface area contributed by atoms with Gasteiger partial charge in [-0.2, -0.15) is 0 Å². The third-order valence-electron chi connectivity index (χ3n) is 6.30. The number of benzene rings is 2. The highest BCUT2D eigenvalue weighted by molar-refractivity contribution is 5.84. The van der Waals surface area contributed by atoms with Crippen LogP contribution in [0.25, 0.3) is 11.0 Å². The number of likely N-dealkylation sites (tertiary alicyclic amines) is 2. The maximum Gasteiger partial charge on any atom is 0.230 e. The quantitative estimate of drug-likeness (QED) is 0.679. The van der Waals surface area contributed by atoms with Crippen molar-refractivity contribution in [3.8, 4) is 0 Å². The summed E-state index contributed by atoms with van der Waals surface area (Å²) in [5.74, 6) is -0.0728. The predicted octanol–water partition coefficient (Wildman–Crippen LogP) is 3.38. The van der Waals surface area contributed by atoms with Gasteiger partial charge in [-0.1, -0.05) is 24.3 Å². The molecule has 1 aromatic heterocycles. The third-order valence-corrected chi connectivity index (χ3v) is 6.30. The van der Waals surface area contributed by atoms with Crippen molar-refractivity contribution >= 4 is 16.9 Å². The van der Waals surface area contributed by atoms with Crippen molar-refractivity contribution in [2.45, 2.75) is 32.4 Å². The number of hydrogen-bond acceptors (Lipinski definition) is 5. The van der Waals surface area contributed by atoms with Crippen LogP contribution in [0.4, 0.5) is 4.39 Å². The molecule has 0 radical (unpaired) electrons. The van der Waals surface area contributed by atoms with Crippen molar-refractivity contribution in [1.82, 2.24) is 20.1 Å². The highest BCUT2D eigenvalue weighted by atomic mass is 19.1. The fourth-order valence-corrected chi connectivity index (χ4v) is 4.79. The first kappa shape index (κ1) is 18.2. The Morgan fingerprint density at radius 3 is 2.79 bits per heavy atom. The van der Waals surface area contributed by atoms with E-state index < -0.39 is 0 Å². The van der Waals surface area contributed by atoms with E-state index in [2.05, 4.69) is 15.2 Å². The Morgan fingerprint density at radius 1 is 1.03 bits per heavy atom. The predicted molar refractivity (Wildman–Crippen MR) is 105 cm³/mol. The van der Waals surface area contributed by atoms with Gasteiger partial charge in [0.1, 0.15) is 16.9 Å². The number of aromatic nitrogens is 2. The monoisotopic (exact) mass is 394 g/mol. The SMILES string of the molecule is O=C1N(Cc2ccccc2F)CCCC12CCN(Cc1ccc3nonc3c1)C2. The molecule has 2 saturated heterocycles. The van der Waals surface area contributed by atoms with Crippen molar-refractivity contribution < 1.29 is 13.8 Å². The van der Waals surface area contributed by atoms with Crippen LogP contribution >= 0.6 is 0 Å². The van der Waals surface area contributed by atoms with Crippen LogP contribution in [0.2, 0.25) is 0 Å². The lowest BCUT2D eigenvalue weighted by Gasteiger charge is -2.39. The van der Waals surface area contributed by atoms with Gasteiger partial charge >= 0.3 is 0 Å². The van der Waals surface area contributed by atoms with Gasteiger partial charge < -0.3 is 4.90 Å². The molecule has 3 heterocycles. The highest BCUT2D eigenvalue weighted by Crippen LogP contribution is 2.41. The lowest BCUT2D eigenvalue weighted by molar-refractivity contribution is -0.146. The van der Waals surface area contributed by atoms with Crippen molar-refractivity contribution in [3.05, 3.63) is 59.4 Å². The van der Waals surface area contributed by atoms with Gasteiger partial charge in [0.05, 0.1) is 5.41 Å². The summed E-state index contributed by atoms with van der Waals surface area (Å²) in [6, 6.07) is 12.7. The Hall–Kier alpha value is -2.80. The summed E-state index contributed by atoms with van der Waals surface area (Å²) in [5.41, 5.74) is 2.88. The van der Waals surface area contributed by atoms with E-state index in [9.17, 15) is 9.18 Å². The highest BCUT2D eigenvalue weighted by Gasteiger charge is 2.48. The van der Waals surface area contributed by atoms with Crippen molar-refractivity contribution in [2.24, 2.45) is 5.41 Å². The Balaban J connectivity index is 1.29. The molecule has 29 heavy (non-hydrogen) atoms. The maximum atomic E-state index is 14.1. The van der Waals surface area contributed by atoms with E-state index in [4.69, 9.17) is 4.63 Å². The topological polar surface area (TPSA) is 62.5 Å². The minimum Gasteiger partial charge on any atom is -0.338 e. The number of nitrogens with zero attached hydrogens (tertiary/aromatic N) is 4. The molecule has 6 nitrogen and oxygen atoms in total. The van der Waals surface area contributed by atoms with E-state index in [1.807, 2.05) is 29.2 Å². The van der Waals surface area contributed by atoms with Gasteiger partial charge in [-0.3, -0.25) is 9.69 Å². The molecular formula is C22H23FN4O2. The molecule has 3 aromatic rings. The minimum atomic E-state index is -0.344. The van der Waals surface area contributed by atoms with Crippen molar-refractivity contribution in [2.75, 3.05) is 19.6 Å². The zero-order chi connectivity index (χ0) is 19.8. The average molecular weight is 394 g/mol. The second kappa shape index (κ2) is 7.22. The van der Waals surface area contributed by atoms with Gasteiger partial charge in [-0.25, -0.2) is 9.02 Å². The van der Waals surface area contributed by atoms with Crippen molar-refractivity contribution in [3.63, 3.8) is 0 Å². The number of halogens is 1. The van der Waals surface area contributed by atoms with E-state index in [1.54, 1.807) is 12.1 Å². The number of piperidine rings is 1. The Kier molecular flexibility index (Phi) is 4.54. The number of fused-ring (bicyclic) bond motifs is 1. The summed E-state index contributed by atoms with van der Waals surface area (Å²) >= 11 is 0. The van der Waals surface area contributed by atoms with Gasteiger partial charge in [-0.05, 0) is 59.9 Å². The van der Waals surface area contributed by atoms with E-state index in [0.717, 1.165) is 55.5 Å². The van der Waals surface area contributed by atoms with Crippen LogP contribution in [0, 0.1) is 11.2 Å². The molecule has 1 amide bonds. The summed E-state index contributed by atoms with van der Waals surface area (Å²) in [6.45, 7) is 3.45. The molecule has 1 unspecified atom stereocenters. The smallest absolute Gasteiger partial charge is 0.230 e. The fourth-order valence-electron chi connectivity index (χ4n) is 4.79. The van der Waals surface area contributed by atoms with Gasteiger partial charge in [0, 0.05) is 31.7 Å². The second-order valence-corrected chi connectivity index (χ2v) is 8.25. The molecule has 0 bridgehead atoms. The molecule has 2 fully saturated rings. The number of amides is 1. The maximum absolute atomic E-state index is 14.1. The molecule has 5 rings (SSSR count). The number of carbonyl (C=O) groups excluding carboxylic acids is 1. The molecule has 7 heteroatoms. The van der Waals surface area contributed by atoms with E-state index >= 15 is 0 Å². The van der Waals surface area contributed by atoms with Gasteiger partial charge in [-0.15, -0.1) is 0 Å². The normalized spacial score (nSPS) is 22.8. The molecule has 0 saturated carbocycles. The molecule has 2 aromatic carbocycles. The van der Waals surface area contributed by atoms with Crippen LogP contribution in [0.15, 0.2) is 47.1 Å². The second-order valence-electron chi connectivity index (χ2n) is 8.25. The minimum absolute atomic E-state index is 0.172. The Morgan fingerprint density at radius 2 is 1.90 bits per heavy atom. The molecule has 0 aliphatic carbocycles. The summed E-state index contributed by atoms with van der Waals surface area (Å²) in [6.07, 6.45) is 2.72. The first-order valence-corrected chi connectivity index (χ1v) is 10.1. The molecule has 150 valence electrons. The molecule has 0 N–H and O–H groups in total. The summed E-state index contributed by atoms with van der Waals surface area (Å²) in [5, 5.41) is 7.75. The molecule has 1 atom stereocenters. The molecule has 2 aliphatic rings. The van der Waals surface area contributed by atoms with E-state index in [0.29, 0.717) is 18.7 Å². The standard InChI is InChI=1S/C22H23FN4O2/c23-18-5-2-1-4-17(18)14-27-10-3-8-22(21(27)28)9-11-26(15-22)13-16-6-7-19-20(12-16)25-29-24-19/h1-2,4-7,12H,3,8-11,13-15H2. The van der Waals surface area contributed by atoms with Crippen LogP contribution in [-0.4, -0.2) is 45.7 Å². The zero-order valence-corrected chi connectivity index (χ0v) is 16.2. The van der Waals surface area contributed by atoms with Crippen LogP contribution in [0.3, 0.4) is 0 Å². The number of carbonyl (C=O) groups is 1. The average Bonchev–Trinajstić information content (AvgIpc) is 3.35. The van der Waals surface area contributed by atoms with Gasteiger partial charge in [0.15, 0.2) is 0 Å². The third kappa shape index (κ3) is 3.40. The summed E-state index contributed by atoms with van der Waals surface area (Å²) < 4.78 is 18.8. The first-order valence-electron chi connectivity index (χ1n) is 10.1. The largest absolute Gasteiger partial charge is 0.338 e. The van der Waals surface area contributed by atoms with Crippen LogP contribution < -0.4 is 0 Å². The van der Waals surface area contributed by atoms with Crippen LogP contribution in [0.5, 0.6) is 0 Å². The zero-order valence-electron chi connectivity index (χ0n) is 16.2. The molecule has 1 spiro atoms. The first-order chi connectivity index (χ1) is 14.1.